The van der Waals surface area contributed by atoms with Crippen molar-refractivity contribution in [2.75, 3.05) is 0 Å². The zero-order valence-electron chi connectivity index (χ0n) is 26.8. The summed E-state index contributed by atoms with van der Waals surface area (Å²) >= 11 is 0. The minimum Gasteiger partial charge on any atom is -0.507 e. The van der Waals surface area contributed by atoms with E-state index in [1.807, 2.05) is 24.3 Å². The number of hydrogen-bond acceptors (Lipinski definition) is 3. The Hall–Kier alpha value is -4.41. The van der Waals surface area contributed by atoms with Crippen LogP contribution in [0.4, 0.5) is 0 Å². The molecule has 0 spiro atoms. The molecule has 233 valence electrons. The second-order valence-corrected chi connectivity index (χ2v) is 17.4. The standard InChI is InChI=1S/C26H26NSi.C15H12O2.Ir/c1-18-13-19(2)15-22(14-18)26-24(20-9-7-6-8-10-20)17-21-16-23(28(3,4)5)11-12-25(21)27-26;16-14(12-7-3-1-4-8-12)11-15(17)13-9-5-2-6-10-13;/h6-14,16-17H,1-5H3;1-11,16H;/q-1;;/b;14-11-;. The summed E-state index contributed by atoms with van der Waals surface area (Å²) in [5.74, 6) is -0.216. The van der Waals surface area contributed by atoms with E-state index in [1.165, 1.54) is 33.3 Å². The van der Waals surface area contributed by atoms with Crippen LogP contribution in [0, 0.1) is 19.9 Å². The predicted octanol–water partition coefficient (Wildman–Crippen LogP) is 10.00. The van der Waals surface area contributed by atoms with Crippen LogP contribution in [0.25, 0.3) is 39.0 Å². The molecule has 0 saturated carbocycles. The van der Waals surface area contributed by atoms with Gasteiger partial charge < -0.3 is 5.11 Å². The zero-order valence-corrected chi connectivity index (χ0v) is 30.2. The van der Waals surface area contributed by atoms with Crippen LogP contribution < -0.4 is 5.19 Å². The van der Waals surface area contributed by atoms with Gasteiger partial charge in [0, 0.05) is 37.3 Å². The summed E-state index contributed by atoms with van der Waals surface area (Å²) in [7, 11) is -1.37. The summed E-state index contributed by atoms with van der Waals surface area (Å²) in [6.45, 7) is 11.4. The Morgan fingerprint density at radius 1 is 0.739 bits per heavy atom. The van der Waals surface area contributed by atoms with Gasteiger partial charge >= 0.3 is 0 Å². The Balaban J connectivity index is 0.000000230. The maximum Gasteiger partial charge on any atom is 0.189 e. The maximum absolute atomic E-state index is 11.8. The molecule has 1 aromatic heterocycles. The molecule has 0 aliphatic heterocycles. The van der Waals surface area contributed by atoms with E-state index < -0.39 is 8.07 Å². The van der Waals surface area contributed by atoms with Crippen LogP contribution in [0.5, 0.6) is 0 Å². The number of aryl methyl sites for hydroxylation is 2. The Labute approximate surface area is 287 Å². The van der Waals surface area contributed by atoms with Crippen molar-refractivity contribution in [3.05, 3.63) is 162 Å². The Kier molecular flexibility index (Phi) is 11.4. The monoisotopic (exact) mass is 797 g/mol. The molecule has 0 amide bonds. The molecule has 0 unspecified atom stereocenters. The van der Waals surface area contributed by atoms with Crippen LogP contribution in [0.3, 0.4) is 0 Å². The molecule has 1 heterocycles. The van der Waals surface area contributed by atoms with Gasteiger partial charge in [0.1, 0.15) is 5.76 Å². The smallest absolute Gasteiger partial charge is 0.189 e. The second-order valence-electron chi connectivity index (χ2n) is 12.3. The summed E-state index contributed by atoms with van der Waals surface area (Å²) in [5, 5.41) is 12.5. The fourth-order valence-electron chi connectivity index (χ4n) is 5.21. The van der Waals surface area contributed by atoms with E-state index in [1.54, 1.807) is 36.4 Å². The summed E-state index contributed by atoms with van der Waals surface area (Å²) in [5.41, 5.74) is 9.06. The largest absolute Gasteiger partial charge is 0.507 e. The van der Waals surface area contributed by atoms with Gasteiger partial charge in [-0.05, 0) is 28.3 Å². The van der Waals surface area contributed by atoms with Crippen molar-refractivity contribution in [2.24, 2.45) is 0 Å². The molecule has 0 aliphatic rings. The van der Waals surface area contributed by atoms with Gasteiger partial charge in [0.15, 0.2) is 5.78 Å². The number of allylic oxidation sites excluding steroid dienone is 1. The first-order chi connectivity index (χ1) is 21.6. The van der Waals surface area contributed by atoms with E-state index in [0.29, 0.717) is 11.1 Å². The first-order valence-electron chi connectivity index (χ1n) is 15.2. The fourth-order valence-corrected chi connectivity index (χ4v) is 6.38. The maximum atomic E-state index is 11.8. The average Bonchev–Trinajstić information content (AvgIpc) is 3.04. The SMILES string of the molecule is Cc1[c-]c(-c2nc3ccc([Si](C)(C)C)cc3cc2-c2ccccc2)cc(C)c1.O=C(/C=C(\O)c1ccccc1)c1ccccc1.[Ir]. The molecule has 5 heteroatoms. The van der Waals surface area contributed by atoms with E-state index in [-0.39, 0.29) is 31.6 Å². The third-order valence-corrected chi connectivity index (χ3v) is 9.61. The number of hydrogen-bond donors (Lipinski definition) is 1. The van der Waals surface area contributed by atoms with Gasteiger partial charge in [-0.2, -0.15) is 0 Å². The van der Waals surface area contributed by atoms with Crippen molar-refractivity contribution in [3.63, 3.8) is 0 Å². The summed E-state index contributed by atoms with van der Waals surface area (Å²) in [4.78, 5) is 16.9. The predicted molar refractivity (Wildman–Crippen MR) is 192 cm³/mol. The van der Waals surface area contributed by atoms with E-state index in [9.17, 15) is 9.90 Å². The number of fused-ring (bicyclic) bond motifs is 1. The van der Waals surface area contributed by atoms with Gasteiger partial charge in [-0.1, -0.05) is 148 Å². The molecule has 6 rings (SSSR count). The van der Waals surface area contributed by atoms with Gasteiger partial charge in [0.2, 0.25) is 0 Å². The Morgan fingerprint density at radius 2 is 1.33 bits per heavy atom. The number of aliphatic hydroxyl groups excluding tert-OH is 1. The number of carbonyl (C=O) groups is 1. The molecule has 0 aliphatic carbocycles. The van der Waals surface area contributed by atoms with E-state index in [4.69, 9.17) is 4.98 Å². The number of pyridine rings is 1. The van der Waals surface area contributed by atoms with Crippen LogP contribution in [-0.2, 0) is 20.1 Å². The molecule has 3 nitrogen and oxygen atoms in total. The first-order valence-corrected chi connectivity index (χ1v) is 18.7. The van der Waals surface area contributed by atoms with E-state index in [0.717, 1.165) is 22.3 Å². The second kappa shape index (κ2) is 15.2. The Morgan fingerprint density at radius 3 is 1.91 bits per heavy atom. The molecule has 0 saturated heterocycles. The quantitative estimate of drug-likeness (QED) is 0.0601. The summed E-state index contributed by atoms with van der Waals surface area (Å²) in [6.07, 6.45) is 1.24. The number of nitrogens with zero attached hydrogens (tertiary/aromatic N) is 1. The third kappa shape index (κ3) is 8.64. The van der Waals surface area contributed by atoms with Crippen molar-refractivity contribution in [3.8, 4) is 22.4 Å². The summed E-state index contributed by atoms with van der Waals surface area (Å²) in [6, 6.07) is 45.4. The van der Waals surface area contributed by atoms with E-state index >= 15 is 0 Å². The van der Waals surface area contributed by atoms with Crippen LogP contribution >= 0.6 is 0 Å². The van der Waals surface area contributed by atoms with E-state index in [2.05, 4.69) is 106 Å². The molecule has 0 atom stereocenters. The molecule has 1 N–H and O–H groups in total. The molecule has 1 radical (unpaired) electrons. The average molecular weight is 797 g/mol. The molecule has 0 fully saturated rings. The molecule has 5 aromatic carbocycles. The van der Waals surface area contributed by atoms with Crippen molar-refractivity contribution < 1.29 is 30.0 Å². The number of rotatable bonds is 6. The molecule has 46 heavy (non-hydrogen) atoms. The van der Waals surface area contributed by atoms with Crippen molar-refractivity contribution >= 4 is 35.7 Å². The van der Waals surface area contributed by atoms with Crippen LogP contribution in [0.2, 0.25) is 19.6 Å². The van der Waals surface area contributed by atoms with Gasteiger partial charge in [-0.15, -0.1) is 34.9 Å². The topological polar surface area (TPSA) is 50.2 Å². The summed E-state index contributed by atoms with van der Waals surface area (Å²) < 4.78 is 0. The first kappa shape index (κ1) is 34.5. The van der Waals surface area contributed by atoms with Crippen LogP contribution in [-0.4, -0.2) is 23.9 Å². The number of aliphatic hydroxyl groups is 1. The number of benzene rings is 5. The zero-order chi connectivity index (χ0) is 32.0. The number of ketones is 1. The number of carbonyl (C=O) groups excluding carboxylic acids is 1. The van der Waals surface area contributed by atoms with Gasteiger partial charge in [0.25, 0.3) is 0 Å². The number of aromatic nitrogens is 1. The van der Waals surface area contributed by atoms with Gasteiger partial charge in [0.05, 0.1) is 13.6 Å². The normalized spacial score (nSPS) is 11.3. The van der Waals surface area contributed by atoms with Crippen LogP contribution in [0.15, 0.2) is 133 Å². The van der Waals surface area contributed by atoms with Gasteiger partial charge in [-0.3, -0.25) is 9.78 Å². The molecular weight excluding hydrogens is 759 g/mol. The molecular formula is C41H38IrNO2Si-. The molecule has 0 bridgehead atoms. The van der Waals surface area contributed by atoms with Crippen molar-refractivity contribution in [1.82, 2.24) is 4.98 Å². The van der Waals surface area contributed by atoms with Crippen molar-refractivity contribution in [1.29, 1.82) is 0 Å². The minimum absolute atomic E-state index is 0. The third-order valence-electron chi connectivity index (χ3n) is 7.56. The van der Waals surface area contributed by atoms with Crippen molar-refractivity contribution in [2.45, 2.75) is 33.5 Å². The Bertz CT molecular complexity index is 1950. The fraction of sp³-hybridized carbons (Fsp3) is 0.122. The van der Waals surface area contributed by atoms with Gasteiger partial charge in [-0.25, -0.2) is 0 Å². The van der Waals surface area contributed by atoms with Crippen LogP contribution in [0.1, 0.15) is 27.0 Å². The minimum atomic E-state index is -1.37. The molecule has 6 aromatic rings.